The topological polar surface area (TPSA) is 55.6 Å². The summed E-state index contributed by atoms with van der Waals surface area (Å²) in [6, 6.07) is 0. The van der Waals surface area contributed by atoms with Crippen molar-refractivity contribution in [1.82, 2.24) is 4.90 Å². The van der Waals surface area contributed by atoms with Gasteiger partial charge < -0.3 is 15.4 Å². The van der Waals surface area contributed by atoms with E-state index in [0.717, 1.165) is 32.5 Å². The summed E-state index contributed by atoms with van der Waals surface area (Å²) in [6.45, 7) is 4.79. The van der Waals surface area contributed by atoms with Crippen LogP contribution >= 0.6 is 0 Å². The molecule has 0 aromatic heterocycles. The summed E-state index contributed by atoms with van der Waals surface area (Å²) in [5, 5.41) is 0. The maximum atomic E-state index is 11.9. The van der Waals surface area contributed by atoms with E-state index in [9.17, 15) is 4.79 Å². The summed E-state index contributed by atoms with van der Waals surface area (Å²) in [5.41, 5.74) is 5.50. The quantitative estimate of drug-likeness (QED) is 0.740. The van der Waals surface area contributed by atoms with E-state index in [-0.39, 0.29) is 11.8 Å². The molecule has 0 bridgehead atoms. The van der Waals surface area contributed by atoms with Crippen LogP contribution in [0.1, 0.15) is 19.8 Å². The Hall–Kier alpha value is -0.610. The van der Waals surface area contributed by atoms with Gasteiger partial charge in [-0.1, -0.05) is 6.92 Å². The molecule has 2 N–H and O–H groups in total. The van der Waals surface area contributed by atoms with Crippen LogP contribution in [0.2, 0.25) is 0 Å². The average Bonchev–Trinajstić information content (AvgIpc) is 2.28. The Kier molecular flexibility index (Phi) is 5.05. The lowest BCUT2D eigenvalue weighted by atomic mass is 9.97. The van der Waals surface area contributed by atoms with Crippen LogP contribution in [-0.2, 0) is 9.53 Å². The van der Waals surface area contributed by atoms with E-state index in [1.807, 2.05) is 11.8 Å². The molecule has 0 aliphatic carbocycles. The van der Waals surface area contributed by atoms with Crippen molar-refractivity contribution in [2.75, 3.05) is 33.4 Å². The maximum Gasteiger partial charge on any atom is 0.226 e. The van der Waals surface area contributed by atoms with Crippen LogP contribution in [0.5, 0.6) is 0 Å². The minimum absolute atomic E-state index is 0.0497. The molecule has 88 valence electrons. The van der Waals surface area contributed by atoms with E-state index < -0.39 is 0 Å². The molecule has 4 nitrogen and oxygen atoms in total. The van der Waals surface area contributed by atoms with Crippen LogP contribution < -0.4 is 5.73 Å². The monoisotopic (exact) mass is 214 g/mol. The number of nitrogens with two attached hydrogens (primary N) is 1. The zero-order valence-electron chi connectivity index (χ0n) is 9.74. The van der Waals surface area contributed by atoms with Gasteiger partial charge in [-0.05, 0) is 18.8 Å². The molecule has 0 aromatic carbocycles. The van der Waals surface area contributed by atoms with E-state index in [1.54, 1.807) is 7.11 Å². The lowest BCUT2D eigenvalue weighted by Crippen LogP contribution is -2.44. The van der Waals surface area contributed by atoms with Crippen LogP contribution in [0, 0.1) is 11.8 Å². The largest absolute Gasteiger partial charge is 0.384 e. The van der Waals surface area contributed by atoms with Crippen molar-refractivity contribution < 1.29 is 9.53 Å². The SMILES string of the molecule is COCC1CCCN(C(=O)C(C)CN)C1. The molecular formula is C11H22N2O2. The molecular weight excluding hydrogens is 192 g/mol. The highest BCUT2D eigenvalue weighted by atomic mass is 16.5. The minimum atomic E-state index is -0.0497. The number of nitrogens with zero attached hydrogens (tertiary/aromatic N) is 1. The highest BCUT2D eigenvalue weighted by Gasteiger charge is 2.25. The molecule has 1 aliphatic heterocycles. The summed E-state index contributed by atoms with van der Waals surface area (Å²) in [4.78, 5) is 13.8. The molecule has 0 spiro atoms. The van der Waals surface area contributed by atoms with Gasteiger partial charge in [0.1, 0.15) is 0 Å². The zero-order chi connectivity index (χ0) is 11.3. The van der Waals surface area contributed by atoms with Gasteiger partial charge in [0.2, 0.25) is 5.91 Å². The molecule has 4 heteroatoms. The average molecular weight is 214 g/mol. The molecule has 1 rings (SSSR count). The molecule has 1 amide bonds. The molecule has 0 aromatic rings. The Morgan fingerprint density at radius 3 is 3.00 bits per heavy atom. The predicted molar refractivity (Wildman–Crippen MR) is 59.4 cm³/mol. The van der Waals surface area contributed by atoms with Gasteiger partial charge in [0, 0.05) is 32.7 Å². The van der Waals surface area contributed by atoms with E-state index >= 15 is 0 Å². The molecule has 1 aliphatic rings. The highest BCUT2D eigenvalue weighted by molar-refractivity contribution is 5.78. The van der Waals surface area contributed by atoms with Gasteiger partial charge in [-0.3, -0.25) is 4.79 Å². The van der Waals surface area contributed by atoms with Gasteiger partial charge >= 0.3 is 0 Å². The fourth-order valence-electron chi connectivity index (χ4n) is 2.05. The van der Waals surface area contributed by atoms with E-state index in [4.69, 9.17) is 10.5 Å². The first kappa shape index (κ1) is 12.5. The number of ether oxygens (including phenoxy) is 1. The molecule has 0 radical (unpaired) electrons. The van der Waals surface area contributed by atoms with Gasteiger partial charge in [0.25, 0.3) is 0 Å². The van der Waals surface area contributed by atoms with Gasteiger partial charge in [-0.25, -0.2) is 0 Å². The fourth-order valence-corrected chi connectivity index (χ4v) is 2.05. The Morgan fingerprint density at radius 2 is 2.40 bits per heavy atom. The van der Waals surface area contributed by atoms with Crippen molar-refractivity contribution in [3.63, 3.8) is 0 Å². The minimum Gasteiger partial charge on any atom is -0.384 e. The van der Waals surface area contributed by atoms with Crippen molar-refractivity contribution >= 4 is 5.91 Å². The third kappa shape index (κ3) is 3.47. The van der Waals surface area contributed by atoms with Gasteiger partial charge in [-0.15, -0.1) is 0 Å². The van der Waals surface area contributed by atoms with Crippen LogP contribution in [0.25, 0.3) is 0 Å². The van der Waals surface area contributed by atoms with E-state index in [2.05, 4.69) is 0 Å². The maximum absolute atomic E-state index is 11.9. The predicted octanol–water partition coefficient (Wildman–Crippen LogP) is 0.466. The highest BCUT2D eigenvalue weighted by Crippen LogP contribution is 2.18. The van der Waals surface area contributed by atoms with Gasteiger partial charge in [-0.2, -0.15) is 0 Å². The molecule has 1 heterocycles. The molecule has 1 fully saturated rings. The van der Waals surface area contributed by atoms with Crippen molar-refractivity contribution in [2.24, 2.45) is 17.6 Å². The number of likely N-dealkylation sites (tertiary alicyclic amines) is 1. The summed E-state index contributed by atoms with van der Waals surface area (Å²) >= 11 is 0. The van der Waals surface area contributed by atoms with Crippen LogP contribution in [-0.4, -0.2) is 44.2 Å². The zero-order valence-corrected chi connectivity index (χ0v) is 9.74. The third-order valence-electron chi connectivity index (χ3n) is 3.01. The van der Waals surface area contributed by atoms with Gasteiger partial charge in [0.05, 0.1) is 6.61 Å². The van der Waals surface area contributed by atoms with E-state index in [0.29, 0.717) is 12.5 Å². The molecule has 0 saturated carbocycles. The normalized spacial score (nSPS) is 23.9. The standard InChI is InChI=1S/C11H22N2O2/c1-9(6-12)11(14)13-5-3-4-10(7-13)8-15-2/h9-10H,3-8,12H2,1-2H3. The Morgan fingerprint density at radius 1 is 1.67 bits per heavy atom. The number of rotatable bonds is 4. The van der Waals surface area contributed by atoms with E-state index in [1.165, 1.54) is 0 Å². The second-order valence-electron chi connectivity index (χ2n) is 4.38. The summed E-state index contributed by atoms with van der Waals surface area (Å²) < 4.78 is 5.13. The van der Waals surface area contributed by atoms with Crippen molar-refractivity contribution in [2.45, 2.75) is 19.8 Å². The lowest BCUT2D eigenvalue weighted by Gasteiger charge is -2.33. The number of amides is 1. The Balaban J connectivity index is 2.44. The second-order valence-corrected chi connectivity index (χ2v) is 4.38. The van der Waals surface area contributed by atoms with Crippen LogP contribution in [0.3, 0.4) is 0 Å². The molecule has 15 heavy (non-hydrogen) atoms. The van der Waals surface area contributed by atoms with Crippen molar-refractivity contribution in [3.05, 3.63) is 0 Å². The Bertz CT molecular complexity index is 207. The first-order chi connectivity index (χ1) is 7.19. The van der Waals surface area contributed by atoms with Crippen molar-refractivity contribution in [3.8, 4) is 0 Å². The lowest BCUT2D eigenvalue weighted by molar-refractivity contribution is -0.136. The first-order valence-corrected chi connectivity index (χ1v) is 5.66. The summed E-state index contributed by atoms with van der Waals surface area (Å²) in [6.07, 6.45) is 2.24. The second kappa shape index (κ2) is 6.08. The van der Waals surface area contributed by atoms with Crippen LogP contribution in [0.15, 0.2) is 0 Å². The molecule has 2 unspecified atom stereocenters. The number of methoxy groups -OCH3 is 1. The summed E-state index contributed by atoms with van der Waals surface area (Å²) in [7, 11) is 1.71. The van der Waals surface area contributed by atoms with Crippen LogP contribution in [0.4, 0.5) is 0 Å². The Labute approximate surface area is 91.8 Å². The van der Waals surface area contributed by atoms with Crippen molar-refractivity contribution in [1.29, 1.82) is 0 Å². The number of hydrogen-bond acceptors (Lipinski definition) is 3. The number of piperidine rings is 1. The fraction of sp³-hybridized carbons (Fsp3) is 0.909. The third-order valence-corrected chi connectivity index (χ3v) is 3.01. The number of hydrogen-bond donors (Lipinski definition) is 1. The van der Waals surface area contributed by atoms with Gasteiger partial charge in [0.15, 0.2) is 0 Å². The smallest absolute Gasteiger partial charge is 0.226 e. The molecule has 1 saturated heterocycles. The first-order valence-electron chi connectivity index (χ1n) is 5.66. The summed E-state index contributed by atoms with van der Waals surface area (Å²) in [5.74, 6) is 0.641. The number of carbonyl (C=O) groups is 1. The number of carbonyl (C=O) groups excluding carboxylic acids is 1. The molecule has 2 atom stereocenters.